The summed E-state index contributed by atoms with van der Waals surface area (Å²) in [6, 6.07) is 13.1. The maximum Gasteiger partial charge on any atom is 0.150 e. The van der Waals surface area contributed by atoms with Crippen LogP contribution in [0.5, 0.6) is 11.5 Å². The Morgan fingerprint density at radius 2 is 1.70 bits per heavy atom. The molecule has 0 atom stereocenters. The molecule has 2 aromatic carbocycles. The second-order valence-electron chi connectivity index (χ2n) is 4.71. The summed E-state index contributed by atoms with van der Waals surface area (Å²) in [5, 5.41) is 0. The van der Waals surface area contributed by atoms with Crippen molar-refractivity contribution >= 4 is 6.29 Å². The van der Waals surface area contributed by atoms with Crippen LogP contribution in [0.3, 0.4) is 0 Å². The normalized spacial score (nSPS) is 10.4. The van der Waals surface area contributed by atoms with Crippen molar-refractivity contribution in [3.05, 3.63) is 48.0 Å². The molecule has 3 nitrogen and oxygen atoms in total. The van der Waals surface area contributed by atoms with Gasteiger partial charge in [0, 0.05) is 16.7 Å². The van der Waals surface area contributed by atoms with Gasteiger partial charge in [-0.05, 0) is 26.0 Å². The van der Waals surface area contributed by atoms with Crippen LogP contribution in [0.15, 0.2) is 42.5 Å². The van der Waals surface area contributed by atoms with E-state index < -0.39 is 0 Å². The third kappa shape index (κ3) is 2.82. The quantitative estimate of drug-likeness (QED) is 0.771. The molecule has 0 amide bonds. The van der Waals surface area contributed by atoms with Gasteiger partial charge >= 0.3 is 0 Å². The lowest BCUT2D eigenvalue weighted by atomic mass is 9.98. The Hall–Kier alpha value is -2.29. The van der Waals surface area contributed by atoms with Crippen LogP contribution >= 0.6 is 0 Å². The molecule has 0 N–H and O–H groups in total. The highest BCUT2D eigenvalue weighted by Gasteiger charge is 2.15. The van der Waals surface area contributed by atoms with Crippen molar-refractivity contribution in [3.8, 4) is 22.6 Å². The summed E-state index contributed by atoms with van der Waals surface area (Å²) >= 11 is 0. The second-order valence-corrected chi connectivity index (χ2v) is 4.71. The number of hydrogen-bond donors (Lipinski definition) is 0. The molecular formula is C17H18O3. The first-order chi connectivity index (χ1) is 9.67. The van der Waals surface area contributed by atoms with Gasteiger partial charge in [0.25, 0.3) is 0 Å². The fourth-order valence-corrected chi connectivity index (χ4v) is 2.13. The Kier molecular flexibility index (Phi) is 4.41. The van der Waals surface area contributed by atoms with Crippen molar-refractivity contribution in [3.63, 3.8) is 0 Å². The van der Waals surface area contributed by atoms with Gasteiger partial charge in [0.1, 0.15) is 11.5 Å². The van der Waals surface area contributed by atoms with Crippen molar-refractivity contribution in [2.75, 3.05) is 7.11 Å². The summed E-state index contributed by atoms with van der Waals surface area (Å²) in [5.41, 5.74) is 2.21. The summed E-state index contributed by atoms with van der Waals surface area (Å²) in [6.45, 7) is 3.94. The van der Waals surface area contributed by atoms with Crippen LogP contribution in [0.1, 0.15) is 24.2 Å². The van der Waals surface area contributed by atoms with E-state index in [1.807, 2.05) is 44.2 Å². The van der Waals surface area contributed by atoms with E-state index in [0.29, 0.717) is 11.3 Å². The van der Waals surface area contributed by atoms with Gasteiger partial charge in [-0.25, -0.2) is 0 Å². The zero-order valence-electron chi connectivity index (χ0n) is 11.9. The highest BCUT2D eigenvalue weighted by molar-refractivity contribution is 5.92. The molecule has 0 bridgehead atoms. The van der Waals surface area contributed by atoms with Crippen LogP contribution in [0.2, 0.25) is 0 Å². The lowest BCUT2D eigenvalue weighted by molar-refractivity contribution is 0.112. The first kappa shape index (κ1) is 14.1. The van der Waals surface area contributed by atoms with Gasteiger partial charge in [-0.1, -0.05) is 30.3 Å². The summed E-state index contributed by atoms with van der Waals surface area (Å²) in [5.74, 6) is 1.41. The van der Waals surface area contributed by atoms with Gasteiger partial charge in [-0.15, -0.1) is 0 Å². The average molecular weight is 270 g/mol. The maximum absolute atomic E-state index is 11.3. The van der Waals surface area contributed by atoms with Gasteiger partial charge < -0.3 is 9.47 Å². The minimum Gasteiger partial charge on any atom is -0.496 e. The van der Waals surface area contributed by atoms with Crippen LogP contribution in [-0.4, -0.2) is 19.5 Å². The Morgan fingerprint density at radius 1 is 1.00 bits per heavy atom. The molecule has 2 rings (SSSR count). The first-order valence-electron chi connectivity index (χ1n) is 6.55. The molecule has 2 aromatic rings. The molecule has 0 aliphatic heterocycles. The van der Waals surface area contributed by atoms with Crippen LogP contribution in [0, 0.1) is 0 Å². The third-order valence-electron chi connectivity index (χ3n) is 2.92. The first-order valence-corrected chi connectivity index (χ1v) is 6.55. The molecule has 0 spiro atoms. The predicted octanol–water partition coefficient (Wildman–Crippen LogP) is 3.96. The number of methoxy groups -OCH3 is 1. The van der Waals surface area contributed by atoms with Crippen LogP contribution in [-0.2, 0) is 0 Å². The minimum atomic E-state index is 0.0607. The van der Waals surface area contributed by atoms with Crippen LogP contribution in [0.4, 0.5) is 0 Å². The van der Waals surface area contributed by atoms with E-state index in [9.17, 15) is 4.79 Å². The monoisotopic (exact) mass is 270 g/mol. The van der Waals surface area contributed by atoms with E-state index in [4.69, 9.17) is 9.47 Å². The minimum absolute atomic E-state index is 0.0607. The predicted molar refractivity (Wildman–Crippen MR) is 79.6 cm³/mol. The molecule has 0 saturated heterocycles. The molecule has 0 fully saturated rings. The maximum atomic E-state index is 11.3. The van der Waals surface area contributed by atoms with Gasteiger partial charge in [0.15, 0.2) is 6.29 Å². The molecule has 20 heavy (non-hydrogen) atoms. The average Bonchev–Trinajstić information content (AvgIpc) is 2.46. The smallest absolute Gasteiger partial charge is 0.150 e. The Morgan fingerprint density at radius 3 is 2.35 bits per heavy atom. The molecule has 0 unspecified atom stereocenters. The fourth-order valence-electron chi connectivity index (χ4n) is 2.13. The summed E-state index contributed by atoms with van der Waals surface area (Å²) in [7, 11) is 1.60. The van der Waals surface area contributed by atoms with Crippen molar-refractivity contribution < 1.29 is 14.3 Å². The molecule has 104 valence electrons. The van der Waals surface area contributed by atoms with Crippen molar-refractivity contribution in [2.45, 2.75) is 20.0 Å². The van der Waals surface area contributed by atoms with E-state index in [-0.39, 0.29) is 6.10 Å². The Balaban J connectivity index is 2.64. The standard InChI is InChI=1S/C17H18O3/c1-12(2)20-15-9-5-4-8-14(15)17-13(11-18)7-6-10-16(17)19-3/h4-12H,1-3H3. The lowest BCUT2D eigenvalue weighted by Crippen LogP contribution is -2.07. The molecule has 0 aromatic heterocycles. The summed E-state index contributed by atoms with van der Waals surface area (Å²) < 4.78 is 11.2. The molecular weight excluding hydrogens is 252 g/mol. The summed E-state index contributed by atoms with van der Waals surface area (Å²) in [6.07, 6.45) is 0.898. The van der Waals surface area contributed by atoms with Crippen LogP contribution < -0.4 is 9.47 Å². The van der Waals surface area contributed by atoms with E-state index in [1.54, 1.807) is 19.2 Å². The van der Waals surface area contributed by atoms with E-state index in [0.717, 1.165) is 23.2 Å². The Labute approximate surface area is 119 Å². The number of carbonyl (C=O) groups is 1. The van der Waals surface area contributed by atoms with E-state index >= 15 is 0 Å². The molecule has 0 heterocycles. The van der Waals surface area contributed by atoms with Crippen LogP contribution in [0.25, 0.3) is 11.1 Å². The molecule has 0 aliphatic carbocycles. The molecule has 0 radical (unpaired) electrons. The van der Waals surface area contributed by atoms with E-state index in [1.165, 1.54) is 0 Å². The van der Waals surface area contributed by atoms with Gasteiger partial charge in [-0.3, -0.25) is 4.79 Å². The number of ether oxygens (including phenoxy) is 2. The summed E-state index contributed by atoms with van der Waals surface area (Å²) in [4.78, 5) is 11.3. The number of rotatable bonds is 5. The molecule has 0 saturated carbocycles. The van der Waals surface area contributed by atoms with Gasteiger partial charge in [0.2, 0.25) is 0 Å². The lowest BCUT2D eigenvalue weighted by Gasteiger charge is -2.17. The highest BCUT2D eigenvalue weighted by Crippen LogP contribution is 2.38. The largest absolute Gasteiger partial charge is 0.496 e. The van der Waals surface area contributed by atoms with E-state index in [2.05, 4.69) is 0 Å². The highest BCUT2D eigenvalue weighted by atomic mass is 16.5. The third-order valence-corrected chi connectivity index (χ3v) is 2.92. The Bertz CT molecular complexity index is 603. The van der Waals surface area contributed by atoms with Crippen molar-refractivity contribution in [1.82, 2.24) is 0 Å². The number of carbonyl (C=O) groups excluding carboxylic acids is 1. The topological polar surface area (TPSA) is 35.5 Å². The molecule has 0 aliphatic rings. The fraction of sp³-hybridized carbons (Fsp3) is 0.235. The van der Waals surface area contributed by atoms with Gasteiger partial charge in [0.05, 0.1) is 13.2 Å². The SMILES string of the molecule is COc1cccc(C=O)c1-c1ccccc1OC(C)C. The second kappa shape index (κ2) is 6.24. The zero-order valence-corrected chi connectivity index (χ0v) is 11.9. The van der Waals surface area contributed by atoms with Gasteiger partial charge in [-0.2, -0.15) is 0 Å². The number of benzene rings is 2. The zero-order chi connectivity index (χ0) is 14.5. The molecule has 3 heteroatoms. The van der Waals surface area contributed by atoms with Crippen molar-refractivity contribution in [1.29, 1.82) is 0 Å². The number of hydrogen-bond acceptors (Lipinski definition) is 3. The number of para-hydroxylation sites is 1. The van der Waals surface area contributed by atoms with Crippen molar-refractivity contribution in [2.24, 2.45) is 0 Å². The number of aldehydes is 1.